The molecule has 0 aliphatic rings. The average molecular weight is 324 g/mol. The number of aromatic nitrogens is 2. The van der Waals surface area contributed by atoms with E-state index in [1.54, 1.807) is 0 Å². The molecule has 2 rings (SSSR count). The van der Waals surface area contributed by atoms with E-state index in [0.717, 1.165) is 16.5 Å². The maximum atomic E-state index is 6.04. The molecule has 0 saturated heterocycles. The fraction of sp³-hybridized carbons (Fsp3) is 0.429. The van der Waals surface area contributed by atoms with Gasteiger partial charge in [-0.25, -0.2) is 0 Å². The van der Waals surface area contributed by atoms with E-state index in [2.05, 4.69) is 39.9 Å². The molecule has 1 heterocycles. The highest BCUT2D eigenvalue weighted by Gasteiger charge is 2.13. The summed E-state index contributed by atoms with van der Waals surface area (Å²) in [5.74, 6) is 1.79. The van der Waals surface area contributed by atoms with E-state index in [0.29, 0.717) is 24.1 Å². The molecule has 19 heavy (non-hydrogen) atoms. The molecule has 0 spiro atoms. The minimum atomic E-state index is 0.0678. The largest absolute Gasteiger partial charge is 0.339 e. The Labute approximate surface area is 121 Å². The topological polar surface area (TPSA) is 64.9 Å². The van der Waals surface area contributed by atoms with Crippen LogP contribution in [0.3, 0.4) is 0 Å². The second-order valence-corrected chi connectivity index (χ2v) is 6.03. The summed E-state index contributed by atoms with van der Waals surface area (Å²) in [4.78, 5) is 4.38. The van der Waals surface area contributed by atoms with E-state index in [9.17, 15) is 0 Å². The smallest absolute Gasteiger partial charge is 0.228 e. The Morgan fingerprint density at radius 3 is 2.58 bits per heavy atom. The van der Waals surface area contributed by atoms with Crippen molar-refractivity contribution in [3.05, 3.63) is 34.6 Å². The highest BCUT2D eigenvalue weighted by molar-refractivity contribution is 9.10. The second-order valence-electron chi connectivity index (χ2n) is 5.11. The maximum Gasteiger partial charge on any atom is 0.228 e. The van der Waals surface area contributed by atoms with E-state index in [-0.39, 0.29) is 6.04 Å². The quantitative estimate of drug-likeness (QED) is 0.915. The van der Waals surface area contributed by atoms with Crippen LogP contribution < -0.4 is 5.73 Å². The number of rotatable bonds is 5. The molecule has 2 aromatic rings. The molecule has 0 aliphatic carbocycles. The van der Waals surface area contributed by atoms with Gasteiger partial charge in [-0.15, -0.1) is 0 Å². The summed E-state index contributed by atoms with van der Waals surface area (Å²) < 4.78 is 6.28. The SMILES string of the molecule is CC(C)CC(N)Cc1nc(-c2ccc(Br)cc2)no1. The summed E-state index contributed by atoms with van der Waals surface area (Å²) in [7, 11) is 0. The molecule has 4 nitrogen and oxygen atoms in total. The number of benzene rings is 1. The summed E-state index contributed by atoms with van der Waals surface area (Å²) >= 11 is 3.40. The molecule has 102 valence electrons. The molecule has 1 aromatic carbocycles. The van der Waals surface area contributed by atoms with Crippen LogP contribution in [-0.4, -0.2) is 16.2 Å². The number of nitrogens with zero attached hydrogens (tertiary/aromatic N) is 2. The van der Waals surface area contributed by atoms with Gasteiger partial charge in [0.15, 0.2) is 0 Å². The lowest BCUT2D eigenvalue weighted by atomic mass is 10.0. The van der Waals surface area contributed by atoms with Gasteiger partial charge in [0.05, 0.1) is 0 Å². The molecule has 0 amide bonds. The molecule has 2 N–H and O–H groups in total. The molecule has 5 heteroatoms. The van der Waals surface area contributed by atoms with Crippen LogP contribution in [0.2, 0.25) is 0 Å². The van der Waals surface area contributed by atoms with Gasteiger partial charge in [-0.05, 0) is 36.6 Å². The first kappa shape index (κ1) is 14.2. The lowest BCUT2D eigenvalue weighted by Gasteiger charge is -2.10. The van der Waals surface area contributed by atoms with Crippen LogP contribution in [-0.2, 0) is 6.42 Å². The molecule has 1 aromatic heterocycles. The Balaban J connectivity index is 2.04. The van der Waals surface area contributed by atoms with E-state index < -0.39 is 0 Å². The molecule has 0 fully saturated rings. The van der Waals surface area contributed by atoms with Crippen LogP contribution in [0, 0.1) is 5.92 Å². The van der Waals surface area contributed by atoms with Gasteiger partial charge in [-0.1, -0.05) is 34.9 Å². The lowest BCUT2D eigenvalue weighted by Crippen LogP contribution is -2.24. The Kier molecular flexibility index (Phi) is 4.71. The van der Waals surface area contributed by atoms with Crippen molar-refractivity contribution in [3.8, 4) is 11.4 Å². The standard InChI is InChI=1S/C14H18BrN3O/c1-9(2)7-12(16)8-13-17-14(18-19-13)10-3-5-11(15)6-4-10/h3-6,9,12H,7-8,16H2,1-2H3. The third kappa shape index (κ3) is 4.14. The first-order valence-electron chi connectivity index (χ1n) is 6.38. The number of hydrogen-bond donors (Lipinski definition) is 1. The molecule has 0 radical (unpaired) electrons. The zero-order chi connectivity index (χ0) is 13.8. The van der Waals surface area contributed by atoms with E-state index in [1.807, 2.05) is 24.3 Å². The number of halogens is 1. The minimum Gasteiger partial charge on any atom is -0.339 e. The fourth-order valence-corrected chi connectivity index (χ4v) is 2.23. The van der Waals surface area contributed by atoms with Crippen LogP contribution in [0.5, 0.6) is 0 Å². The zero-order valence-electron chi connectivity index (χ0n) is 11.1. The molecule has 1 atom stereocenters. The van der Waals surface area contributed by atoms with Crippen molar-refractivity contribution in [1.82, 2.24) is 10.1 Å². The normalized spacial score (nSPS) is 12.9. The zero-order valence-corrected chi connectivity index (χ0v) is 12.7. The molecule has 0 saturated carbocycles. The summed E-state index contributed by atoms with van der Waals surface area (Å²) in [6.07, 6.45) is 1.58. The van der Waals surface area contributed by atoms with Crippen molar-refractivity contribution in [2.75, 3.05) is 0 Å². The monoisotopic (exact) mass is 323 g/mol. The second kappa shape index (κ2) is 6.30. The Hall–Kier alpha value is -1.20. The lowest BCUT2D eigenvalue weighted by molar-refractivity contribution is 0.359. The van der Waals surface area contributed by atoms with Crippen LogP contribution in [0.15, 0.2) is 33.3 Å². The summed E-state index contributed by atoms with van der Waals surface area (Å²) in [6.45, 7) is 4.31. The number of hydrogen-bond acceptors (Lipinski definition) is 4. The summed E-state index contributed by atoms with van der Waals surface area (Å²) in [5, 5.41) is 3.99. The Bertz CT molecular complexity index is 522. The van der Waals surface area contributed by atoms with Crippen molar-refractivity contribution in [2.45, 2.75) is 32.7 Å². The molecular weight excluding hydrogens is 306 g/mol. The highest BCUT2D eigenvalue weighted by Crippen LogP contribution is 2.19. The van der Waals surface area contributed by atoms with Crippen molar-refractivity contribution in [3.63, 3.8) is 0 Å². The third-order valence-corrected chi connectivity index (χ3v) is 3.31. The van der Waals surface area contributed by atoms with Crippen LogP contribution >= 0.6 is 15.9 Å². The third-order valence-electron chi connectivity index (χ3n) is 2.78. The summed E-state index contributed by atoms with van der Waals surface area (Å²) in [6, 6.07) is 7.88. The van der Waals surface area contributed by atoms with Crippen molar-refractivity contribution in [2.24, 2.45) is 11.7 Å². The van der Waals surface area contributed by atoms with Crippen LogP contribution in [0.25, 0.3) is 11.4 Å². The van der Waals surface area contributed by atoms with Gasteiger partial charge in [-0.3, -0.25) is 0 Å². The fourth-order valence-electron chi connectivity index (χ4n) is 1.97. The van der Waals surface area contributed by atoms with Gasteiger partial charge in [0.2, 0.25) is 11.7 Å². The molecule has 0 aliphatic heterocycles. The molecule has 1 unspecified atom stereocenters. The van der Waals surface area contributed by atoms with E-state index in [1.165, 1.54) is 0 Å². The van der Waals surface area contributed by atoms with Crippen molar-refractivity contribution in [1.29, 1.82) is 0 Å². The average Bonchev–Trinajstić information content (AvgIpc) is 2.77. The van der Waals surface area contributed by atoms with Gasteiger partial charge in [0.1, 0.15) is 0 Å². The van der Waals surface area contributed by atoms with Gasteiger partial charge in [0.25, 0.3) is 0 Å². The molecular formula is C14H18BrN3O. The van der Waals surface area contributed by atoms with Crippen LogP contribution in [0.4, 0.5) is 0 Å². The Morgan fingerprint density at radius 2 is 1.95 bits per heavy atom. The predicted molar refractivity (Wildman–Crippen MR) is 78.6 cm³/mol. The van der Waals surface area contributed by atoms with Crippen molar-refractivity contribution >= 4 is 15.9 Å². The van der Waals surface area contributed by atoms with Gasteiger partial charge in [0, 0.05) is 22.5 Å². The van der Waals surface area contributed by atoms with Crippen LogP contribution in [0.1, 0.15) is 26.2 Å². The van der Waals surface area contributed by atoms with Gasteiger partial charge < -0.3 is 10.3 Å². The summed E-state index contributed by atoms with van der Waals surface area (Å²) in [5.41, 5.74) is 6.98. The van der Waals surface area contributed by atoms with E-state index in [4.69, 9.17) is 10.3 Å². The van der Waals surface area contributed by atoms with Gasteiger partial charge in [-0.2, -0.15) is 4.98 Å². The predicted octanol–water partition coefficient (Wildman–Crippen LogP) is 3.42. The first-order valence-corrected chi connectivity index (χ1v) is 7.18. The number of nitrogens with two attached hydrogens (primary N) is 1. The highest BCUT2D eigenvalue weighted by atomic mass is 79.9. The Morgan fingerprint density at radius 1 is 1.26 bits per heavy atom. The van der Waals surface area contributed by atoms with Gasteiger partial charge >= 0.3 is 0 Å². The minimum absolute atomic E-state index is 0.0678. The van der Waals surface area contributed by atoms with E-state index >= 15 is 0 Å². The van der Waals surface area contributed by atoms with Crippen molar-refractivity contribution < 1.29 is 4.52 Å². The maximum absolute atomic E-state index is 6.04. The molecule has 0 bridgehead atoms. The first-order chi connectivity index (χ1) is 9.04.